The molecule has 0 atom stereocenters. The molecule has 2 amide bonds. The van der Waals surface area contributed by atoms with Crippen LogP contribution in [0.1, 0.15) is 33.6 Å². The Morgan fingerprint density at radius 3 is 2.29 bits per heavy atom. The number of alkyl carbamates (subject to hydrolysis) is 1. The van der Waals surface area contributed by atoms with Gasteiger partial charge in [-0.05, 0) is 33.6 Å². The van der Waals surface area contributed by atoms with Crippen molar-refractivity contribution in [2.24, 2.45) is 0 Å². The molecule has 0 saturated heterocycles. The maximum atomic E-state index is 11.6. The van der Waals surface area contributed by atoms with E-state index in [1.54, 1.807) is 13.1 Å². The van der Waals surface area contributed by atoms with Gasteiger partial charge in [0.15, 0.2) is 0 Å². The Labute approximate surface area is 102 Å². The van der Waals surface area contributed by atoms with Crippen LogP contribution in [-0.4, -0.2) is 30.2 Å². The van der Waals surface area contributed by atoms with Crippen LogP contribution in [0.2, 0.25) is 0 Å². The molecule has 0 unspecified atom stereocenters. The molecule has 2 N–H and O–H groups in total. The third kappa shape index (κ3) is 4.89. The number of rotatable bonds is 3. The normalized spacial score (nSPS) is 17.6. The van der Waals surface area contributed by atoms with E-state index in [4.69, 9.17) is 4.74 Å². The molecule has 5 nitrogen and oxygen atoms in total. The number of amides is 2. The van der Waals surface area contributed by atoms with Crippen molar-refractivity contribution in [3.05, 3.63) is 12.2 Å². The van der Waals surface area contributed by atoms with E-state index < -0.39 is 17.2 Å². The molecule has 0 aromatic carbocycles. The van der Waals surface area contributed by atoms with E-state index in [1.807, 2.05) is 20.8 Å². The Morgan fingerprint density at radius 2 is 1.88 bits per heavy atom. The van der Waals surface area contributed by atoms with Gasteiger partial charge in [0.2, 0.25) is 5.91 Å². The minimum atomic E-state index is -0.509. The first-order valence-corrected chi connectivity index (χ1v) is 5.68. The number of nitrogens with one attached hydrogen (secondary N) is 2. The van der Waals surface area contributed by atoms with Gasteiger partial charge in [0.05, 0.1) is 5.54 Å². The molecule has 1 saturated carbocycles. The largest absolute Gasteiger partial charge is 0.444 e. The Balaban J connectivity index is 2.48. The average molecular weight is 240 g/mol. The Hall–Kier alpha value is -1.52. The van der Waals surface area contributed by atoms with Crippen LogP contribution in [0.5, 0.6) is 0 Å². The molecule has 0 aromatic rings. The van der Waals surface area contributed by atoms with E-state index in [2.05, 4.69) is 10.6 Å². The fourth-order valence-electron chi connectivity index (χ4n) is 1.29. The smallest absolute Gasteiger partial charge is 0.408 e. The van der Waals surface area contributed by atoms with Crippen LogP contribution in [0.25, 0.3) is 0 Å². The van der Waals surface area contributed by atoms with Gasteiger partial charge in [-0.15, -0.1) is 0 Å². The molecule has 0 spiro atoms. The van der Waals surface area contributed by atoms with Crippen molar-refractivity contribution in [2.45, 2.75) is 44.8 Å². The minimum Gasteiger partial charge on any atom is -0.444 e. The Morgan fingerprint density at radius 1 is 1.29 bits per heavy atom. The molecule has 0 radical (unpaired) electrons. The molecule has 1 aliphatic rings. The van der Waals surface area contributed by atoms with E-state index in [9.17, 15) is 9.59 Å². The molecule has 0 aromatic heterocycles. The summed E-state index contributed by atoms with van der Waals surface area (Å²) < 4.78 is 5.16. The molecule has 1 rings (SSSR count). The molecule has 1 fully saturated rings. The van der Waals surface area contributed by atoms with Crippen LogP contribution in [0.15, 0.2) is 12.2 Å². The second-order valence-corrected chi connectivity index (χ2v) is 5.23. The van der Waals surface area contributed by atoms with Crippen molar-refractivity contribution in [1.82, 2.24) is 10.6 Å². The summed E-state index contributed by atoms with van der Waals surface area (Å²) in [7, 11) is 1.56. The minimum absolute atomic E-state index is 0.178. The molecule has 0 bridgehead atoms. The average Bonchev–Trinajstić information content (AvgIpc) is 2.91. The van der Waals surface area contributed by atoms with E-state index in [0.29, 0.717) is 0 Å². The molecule has 0 heterocycles. The topological polar surface area (TPSA) is 67.4 Å². The predicted molar refractivity (Wildman–Crippen MR) is 64.5 cm³/mol. The highest BCUT2D eigenvalue weighted by atomic mass is 16.6. The summed E-state index contributed by atoms with van der Waals surface area (Å²) in [4.78, 5) is 22.6. The molecule has 17 heavy (non-hydrogen) atoms. The summed E-state index contributed by atoms with van der Waals surface area (Å²) >= 11 is 0. The van der Waals surface area contributed by atoms with Gasteiger partial charge in [0.1, 0.15) is 5.60 Å². The van der Waals surface area contributed by atoms with Crippen LogP contribution in [0, 0.1) is 0 Å². The van der Waals surface area contributed by atoms with E-state index in [-0.39, 0.29) is 5.91 Å². The summed E-state index contributed by atoms with van der Waals surface area (Å²) in [5.74, 6) is -0.178. The number of ether oxygens (including phenoxy) is 1. The van der Waals surface area contributed by atoms with E-state index in [1.165, 1.54) is 6.08 Å². The number of hydrogen-bond acceptors (Lipinski definition) is 3. The Kier molecular flexibility index (Phi) is 3.80. The monoisotopic (exact) mass is 240 g/mol. The lowest BCUT2D eigenvalue weighted by Crippen LogP contribution is -2.39. The summed E-state index contributed by atoms with van der Waals surface area (Å²) in [5.41, 5.74) is -0.903. The molecular weight excluding hydrogens is 220 g/mol. The van der Waals surface area contributed by atoms with Crippen LogP contribution in [-0.2, 0) is 9.53 Å². The molecule has 1 aliphatic carbocycles. The van der Waals surface area contributed by atoms with Gasteiger partial charge >= 0.3 is 6.09 Å². The lowest BCUT2D eigenvalue weighted by atomic mass is 10.2. The number of hydrogen-bond donors (Lipinski definition) is 2. The van der Waals surface area contributed by atoms with Crippen LogP contribution >= 0.6 is 0 Å². The van der Waals surface area contributed by atoms with Crippen LogP contribution < -0.4 is 10.6 Å². The van der Waals surface area contributed by atoms with Gasteiger partial charge in [-0.3, -0.25) is 4.79 Å². The van der Waals surface area contributed by atoms with Crippen LogP contribution in [0.4, 0.5) is 4.79 Å². The first-order chi connectivity index (χ1) is 7.76. The van der Waals surface area contributed by atoms with Crippen LogP contribution in [0.3, 0.4) is 0 Å². The van der Waals surface area contributed by atoms with Gasteiger partial charge in [-0.2, -0.15) is 0 Å². The fraction of sp³-hybridized carbons (Fsp3) is 0.667. The quantitative estimate of drug-likeness (QED) is 0.732. The summed E-state index contributed by atoms with van der Waals surface area (Å²) in [5, 5.41) is 5.26. The first-order valence-electron chi connectivity index (χ1n) is 5.68. The first kappa shape index (κ1) is 13.5. The number of likely N-dealkylation sites (N-methyl/N-ethyl adjacent to an activating group) is 1. The van der Waals surface area contributed by atoms with Gasteiger partial charge in [0.25, 0.3) is 0 Å². The summed E-state index contributed by atoms with van der Waals surface area (Å²) in [6.07, 6.45) is 4.37. The molecule has 5 heteroatoms. The van der Waals surface area contributed by atoms with E-state index >= 15 is 0 Å². The number of carbonyl (C=O) groups excluding carboxylic acids is 2. The highest BCUT2D eigenvalue weighted by Gasteiger charge is 2.42. The zero-order chi connectivity index (χ0) is 13.1. The SMILES string of the molecule is CNC(=O)/C=C/C1(NC(=O)OC(C)(C)C)CC1. The standard InChI is InChI=1S/C12H20N2O3/c1-11(2,3)17-10(16)14-12(7-8-12)6-5-9(15)13-4/h5-6H,7-8H2,1-4H3,(H,13,15)(H,14,16)/b6-5+. The maximum absolute atomic E-state index is 11.6. The Bertz CT molecular complexity index is 338. The van der Waals surface area contributed by atoms with Gasteiger partial charge in [-0.1, -0.05) is 6.08 Å². The third-order valence-electron chi connectivity index (χ3n) is 2.34. The van der Waals surface area contributed by atoms with Gasteiger partial charge in [-0.25, -0.2) is 4.79 Å². The van der Waals surface area contributed by atoms with Crippen molar-refractivity contribution < 1.29 is 14.3 Å². The lowest BCUT2D eigenvalue weighted by molar-refractivity contribution is -0.116. The van der Waals surface area contributed by atoms with Gasteiger partial charge in [0, 0.05) is 13.1 Å². The maximum Gasteiger partial charge on any atom is 0.408 e. The zero-order valence-electron chi connectivity index (χ0n) is 10.8. The third-order valence-corrected chi connectivity index (χ3v) is 2.34. The lowest BCUT2D eigenvalue weighted by Gasteiger charge is -2.22. The zero-order valence-corrected chi connectivity index (χ0v) is 10.8. The molecular formula is C12H20N2O3. The fourth-order valence-corrected chi connectivity index (χ4v) is 1.29. The second-order valence-electron chi connectivity index (χ2n) is 5.23. The molecule has 96 valence electrons. The summed E-state index contributed by atoms with van der Waals surface area (Å²) in [6, 6.07) is 0. The highest BCUT2D eigenvalue weighted by Crippen LogP contribution is 2.37. The number of carbonyl (C=O) groups is 2. The second kappa shape index (κ2) is 4.77. The highest BCUT2D eigenvalue weighted by molar-refractivity contribution is 5.87. The van der Waals surface area contributed by atoms with Gasteiger partial charge < -0.3 is 15.4 Å². The predicted octanol–water partition coefficient (Wildman–Crippen LogP) is 1.35. The van der Waals surface area contributed by atoms with Crippen molar-refractivity contribution >= 4 is 12.0 Å². The summed E-state index contributed by atoms with van der Waals surface area (Å²) in [6.45, 7) is 5.44. The van der Waals surface area contributed by atoms with E-state index in [0.717, 1.165) is 12.8 Å². The van der Waals surface area contributed by atoms with Crippen molar-refractivity contribution in [1.29, 1.82) is 0 Å². The van der Waals surface area contributed by atoms with Crippen molar-refractivity contribution in [3.8, 4) is 0 Å². The van der Waals surface area contributed by atoms with Crippen molar-refractivity contribution in [3.63, 3.8) is 0 Å². The molecule has 0 aliphatic heterocycles. The van der Waals surface area contributed by atoms with Crippen molar-refractivity contribution in [2.75, 3.05) is 7.05 Å².